The molecule has 0 aliphatic heterocycles. The highest BCUT2D eigenvalue weighted by molar-refractivity contribution is 5.96. The predicted molar refractivity (Wildman–Crippen MR) is 73.6 cm³/mol. The monoisotopic (exact) mass is 282 g/mol. The molecule has 5 nitrogen and oxygen atoms in total. The van der Waals surface area contributed by atoms with E-state index in [9.17, 15) is 14.0 Å². The molecule has 1 rings (SSSR count). The van der Waals surface area contributed by atoms with Gasteiger partial charge in [-0.3, -0.25) is 4.79 Å². The van der Waals surface area contributed by atoms with Crippen molar-refractivity contribution in [2.45, 2.75) is 39.3 Å². The minimum Gasteiger partial charge on any atom is -0.449 e. The van der Waals surface area contributed by atoms with Crippen LogP contribution < -0.4 is 11.1 Å². The van der Waals surface area contributed by atoms with Gasteiger partial charge >= 0.3 is 5.97 Å². The van der Waals surface area contributed by atoms with Gasteiger partial charge in [-0.25, -0.2) is 9.18 Å². The van der Waals surface area contributed by atoms with E-state index < -0.39 is 29.3 Å². The van der Waals surface area contributed by atoms with Gasteiger partial charge in [-0.05, 0) is 45.9 Å². The molecule has 0 saturated carbocycles. The quantitative estimate of drug-likeness (QED) is 0.655. The van der Waals surface area contributed by atoms with Crippen LogP contribution in [0.1, 0.15) is 38.1 Å². The summed E-state index contributed by atoms with van der Waals surface area (Å²) < 4.78 is 17.9. The van der Waals surface area contributed by atoms with Crippen LogP contribution in [0.25, 0.3) is 0 Å². The summed E-state index contributed by atoms with van der Waals surface area (Å²) in [5.41, 5.74) is 5.11. The standard InChI is InChI=1S/C14H19FN2O3/c1-8(12(18)17-14(2,3)4)20-13(19)10-6-5-9(15)7-11(10)16/h5-8H,16H2,1-4H3,(H,17,18)/t8-/m0/s1. The van der Waals surface area contributed by atoms with Crippen LogP contribution in [0.4, 0.5) is 10.1 Å². The SMILES string of the molecule is C[C@H](OC(=O)c1ccc(F)cc1N)C(=O)NC(C)(C)C. The number of nitrogens with two attached hydrogens (primary N) is 1. The number of hydrogen-bond acceptors (Lipinski definition) is 4. The van der Waals surface area contributed by atoms with E-state index in [-0.39, 0.29) is 11.3 Å². The molecule has 6 heteroatoms. The molecule has 0 aliphatic carbocycles. The van der Waals surface area contributed by atoms with Crippen LogP contribution in [-0.4, -0.2) is 23.5 Å². The number of carbonyl (C=O) groups is 2. The largest absolute Gasteiger partial charge is 0.449 e. The second kappa shape index (κ2) is 5.90. The molecule has 0 aromatic heterocycles. The van der Waals surface area contributed by atoms with Gasteiger partial charge in [-0.2, -0.15) is 0 Å². The maximum absolute atomic E-state index is 12.9. The molecule has 0 radical (unpaired) electrons. The summed E-state index contributed by atoms with van der Waals surface area (Å²) in [6, 6.07) is 3.35. The zero-order valence-electron chi connectivity index (χ0n) is 12.0. The molecule has 3 N–H and O–H groups in total. The maximum Gasteiger partial charge on any atom is 0.341 e. The first-order valence-electron chi connectivity index (χ1n) is 6.18. The van der Waals surface area contributed by atoms with E-state index in [1.165, 1.54) is 13.0 Å². The second-order valence-corrected chi connectivity index (χ2v) is 5.52. The van der Waals surface area contributed by atoms with Gasteiger partial charge in [-0.15, -0.1) is 0 Å². The van der Waals surface area contributed by atoms with Crippen molar-refractivity contribution in [2.75, 3.05) is 5.73 Å². The molecule has 20 heavy (non-hydrogen) atoms. The van der Waals surface area contributed by atoms with Crippen molar-refractivity contribution < 1.29 is 18.7 Å². The third-order valence-electron chi connectivity index (χ3n) is 2.38. The number of nitrogens with one attached hydrogen (secondary N) is 1. The summed E-state index contributed by atoms with van der Waals surface area (Å²) in [6.07, 6.45) is -0.967. The number of esters is 1. The summed E-state index contributed by atoms with van der Waals surface area (Å²) in [6.45, 7) is 6.91. The fourth-order valence-corrected chi connectivity index (χ4v) is 1.47. The lowest BCUT2D eigenvalue weighted by Crippen LogP contribution is -2.46. The first kappa shape index (κ1) is 15.9. The van der Waals surface area contributed by atoms with Crippen molar-refractivity contribution in [1.29, 1.82) is 0 Å². The van der Waals surface area contributed by atoms with Gasteiger partial charge in [-0.1, -0.05) is 0 Å². The lowest BCUT2D eigenvalue weighted by Gasteiger charge is -2.23. The van der Waals surface area contributed by atoms with Crippen LogP contribution in [0.2, 0.25) is 0 Å². The highest BCUT2D eigenvalue weighted by Gasteiger charge is 2.23. The van der Waals surface area contributed by atoms with Crippen LogP contribution in [-0.2, 0) is 9.53 Å². The summed E-state index contributed by atoms with van der Waals surface area (Å²) in [5, 5.41) is 2.69. The summed E-state index contributed by atoms with van der Waals surface area (Å²) in [5.74, 6) is -1.72. The van der Waals surface area contributed by atoms with Crippen LogP contribution in [0.5, 0.6) is 0 Å². The molecule has 0 saturated heterocycles. The number of halogens is 1. The minimum atomic E-state index is -0.967. The van der Waals surface area contributed by atoms with E-state index in [1.807, 2.05) is 20.8 Å². The molecule has 1 amide bonds. The number of amides is 1. The molecule has 0 bridgehead atoms. The first-order valence-corrected chi connectivity index (χ1v) is 6.18. The molecule has 0 fully saturated rings. The molecule has 1 aromatic rings. The molecule has 110 valence electrons. The Morgan fingerprint density at radius 1 is 1.35 bits per heavy atom. The summed E-state index contributed by atoms with van der Waals surface area (Å²) in [4.78, 5) is 23.6. The van der Waals surface area contributed by atoms with Crippen LogP contribution in [0, 0.1) is 5.82 Å². The summed E-state index contributed by atoms with van der Waals surface area (Å²) in [7, 11) is 0. The minimum absolute atomic E-state index is 0.0292. The average molecular weight is 282 g/mol. The molecule has 0 unspecified atom stereocenters. The Morgan fingerprint density at radius 2 is 1.95 bits per heavy atom. The number of rotatable bonds is 3. The van der Waals surface area contributed by atoms with Gasteiger partial charge in [0.25, 0.3) is 5.91 Å². The Balaban J connectivity index is 2.73. The Labute approximate surface area is 117 Å². The van der Waals surface area contributed by atoms with Crippen molar-refractivity contribution in [2.24, 2.45) is 0 Å². The fraction of sp³-hybridized carbons (Fsp3) is 0.429. The number of hydrogen-bond donors (Lipinski definition) is 2. The molecule has 0 spiro atoms. The third-order valence-corrected chi connectivity index (χ3v) is 2.38. The number of carbonyl (C=O) groups excluding carboxylic acids is 2. The number of anilines is 1. The smallest absolute Gasteiger partial charge is 0.341 e. The Bertz CT molecular complexity index is 524. The molecular formula is C14H19FN2O3. The van der Waals surface area contributed by atoms with Crippen molar-refractivity contribution in [3.8, 4) is 0 Å². The maximum atomic E-state index is 12.9. The van der Waals surface area contributed by atoms with E-state index in [4.69, 9.17) is 10.5 Å². The first-order chi connectivity index (χ1) is 9.10. The molecule has 0 heterocycles. The van der Waals surface area contributed by atoms with Crippen LogP contribution >= 0.6 is 0 Å². The van der Waals surface area contributed by atoms with Crippen LogP contribution in [0.3, 0.4) is 0 Å². The zero-order valence-corrected chi connectivity index (χ0v) is 12.0. The predicted octanol–water partition coefficient (Wildman–Crippen LogP) is 1.87. The topological polar surface area (TPSA) is 81.4 Å². The Hall–Kier alpha value is -2.11. The molecule has 0 aliphatic rings. The van der Waals surface area contributed by atoms with E-state index in [0.29, 0.717) is 0 Å². The normalized spacial score (nSPS) is 12.7. The number of ether oxygens (including phenoxy) is 1. The van der Waals surface area contributed by atoms with Gasteiger partial charge in [0.1, 0.15) is 5.82 Å². The van der Waals surface area contributed by atoms with E-state index in [1.54, 1.807) is 0 Å². The van der Waals surface area contributed by atoms with Crippen molar-refractivity contribution in [3.05, 3.63) is 29.6 Å². The van der Waals surface area contributed by atoms with E-state index in [0.717, 1.165) is 12.1 Å². The van der Waals surface area contributed by atoms with Crippen molar-refractivity contribution >= 4 is 17.6 Å². The molecule has 1 atom stereocenters. The average Bonchev–Trinajstić information content (AvgIpc) is 2.26. The second-order valence-electron chi connectivity index (χ2n) is 5.52. The van der Waals surface area contributed by atoms with E-state index >= 15 is 0 Å². The van der Waals surface area contributed by atoms with Gasteiger partial charge in [0.05, 0.1) is 5.56 Å². The van der Waals surface area contributed by atoms with Crippen molar-refractivity contribution in [1.82, 2.24) is 5.32 Å². The lowest BCUT2D eigenvalue weighted by molar-refractivity contribution is -0.130. The van der Waals surface area contributed by atoms with Gasteiger partial charge < -0.3 is 15.8 Å². The molecular weight excluding hydrogens is 263 g/mol. The Morgan fingerprint density at radius 3 is 2.45 bits per heavy atom. The van der Waals surface area contributed by atoms with Gasteiger partial charge in [0.15, 0.2) is 6.10 Å². The number of nitrogen functional groups attached to an aromatic ring is 1. The van der Waals surface area contributed by atoms with Gasteiger partial charge in [0.2, 0.25) is 0 Å². The fourth-order valence-electron chi connectivity index (χ4n) is 1.47. The summed E-state index contributed by atoms with van der Waals surface area (Å²) >= 11 is 0. The molecule has 1 aromatic carbocycles. The number of benzene rings is 1. The van der Waals surface area contributed by atoms with Gasteiger partial charge in [0, 0.05) is 11.2 Å². The highest BCUT2D eigenvalue weighted by atomic mass is 19.1. The van der Waals surface area contributed by atoms with E-state index in [2.05, 4.69) is 5.32 Å². The highest BCUT2D eigenvalue weighted by Crippen LogP contribution is 2.15. The lowest BCUT2D eigenvalue weighted by atomic mass is 10.1. The van der Waals surface area contributed by atoms with Crippen molar-refractivity contribution in [3.63, 3.8) is 0 Å². The Kier molecular flexibility index (Phi) is 4.70. The third kappa shape index (κ3) is 4.53. The van der Waals surface area contributed by atoms with Crippen LogP contribution in [0.15, 0.2) is 18.2 Å². The zero-order chi connectivity index (χ0) is 15.5.